The molecule has 0 atom stereocenters. The Bertz CT molecular complexity index is 609. The smallest absolute Gasteiger partial charge is 0.269 e. The zero-order valence-corrected chi connectivity index (χ0v) is 10.8. The largest absolute Gasteiger partial charge is 0.493 e. The fraction of sp³-hybridized carbons (Fsp3) is 0.143. The standard InChI is InChI=1S/C14H13NO5/c1-19-14-8-10(9-16)2-7-13(14)20-12-5-3-11(4-6-12)15(17)18/h2-8,16H,9H2,1H3. The van der Waals surface area contributed by atoms with Crippen LogP contribution in [-0.4, -0.2) is 17.1 Å². The van der Waals surface area contributed by atoms with Crippen LogP contribution in [0.25, 0.3) is 0 Å². The number of nitro groups is 1. The molecule has 0 saturated carbocycles. The maximum Gasteiger partial charge on any atom is 0.269 e. The van der Waals surface area contributed by atoms with Gasteiger partial charge in [0.2, 0.25) is 0 Å². The van der Waals surface area contributed by atoms with Crippen molar-refractivity contribution in [2.75, 3.05) is 7.11 Å². The number of hydrogen-bond donors (Lipinski definition) is 1. The van der Waals surface area contributed by atoms with E-state index in [1.807, 2.05) is 0 Å². The zero-order chi connectivity index (χ0) is 14.5. The molecule has 0 bridgehead atoms. The number of aliphatic hydroxyl groups excluding tert-OH is 1. The molecular formula is C14H13NO5. The summed E-state index contributed by atoms with van der Waals surface area (Å²) >= 11 is 0. The van der Waals surface area contributed by atoms with Crippen LogP contribution >= 0.6 is 0 Å². The first kappa shape index (κ1) is 13.8. The van der Waals surface area contributed by atoms with Gasteiger partial charge in [-0.15, -0.1) is 0 Å². The molecule has 0 unspecified atom stereocenters. The molecular weight excluding hydrogens is 262 g/mol. The molecule has 2 aromatic rings. The SMILES string of the molecule is COc1cc(CO)ccc1Oc1ccc([N+](=O)[O-])cc1. The van der Waals surface area contributed by atoms with Crippen LogP contribution in [0.4, 0.5) is 5.69 Å². The van der Waals surface area contributed by atoms with E-state index in [-0.39, 0.29) is 12.3 Å². The lowest BCUT2D eigenvalue weighted by atomic mass is 10.2. The molecule has 0 fully saturated rings. The lowest BCUT2D eigenvalue weighted by Gasteiger charge is -2.11. The van der Waals surface area contributed by atoms with Gasteiger partial charge in [-0.25, -0.2) is 0 Å². The van der Waals surface area contributed by atoms with Crippen molar-refractivity contribution >= 4 is 5.69 Å². The number of rotatable bonds is 5. The second-order valence-corrected chi connectivity index (χ2v) is 4.00. The summed E-state index contributed by atoms with van der Waals surface area (Å²) in [6, 6.07) is 10.8. The van der Waals surface area contributed by atoms with Crippen LogP contribution in [0.5, 0.6) is 17.2 Å². The van der Waals surface area contributed by atoms with Crippen molar-refractivity contribution in [2.24, 2.45) is 0 Å². The maximum atomic E-state index is 10.6. The first-order valence-corrected chi connectivity index (χ1v) is 5.84. The fourth-order valence-corrected chi connectivity index (χ4v) is 1.66. The van der Waals surface area contributed by atoms with Crippen molar-refractivity contribution in [1.29, 1.82) is 0 Å². The molecule has 0 spiro atoms. The lowest BCUT2D eigenvalue weighted by Crippen LogP contribution is -1.93. The van der Waals surface area contributed by atoms with Gasteiger partial charge >= 0.3 is 0 Å². The maximum absolute atomic E-state index is 10.6. The average molecular weight is 275 g/mol. The van der Waals surface area contributed by atoms with E-state index in [9.17, 15) is 10.1 Å². The van der Waals surface area contributed by atoms with Gasteiger partial charge in [0.15, 0.2) is 11.5 Å². The van der Waals surface area contributed by atoms with Crippen LogP contribution in [0.1, 0.15) is 5.56 Å². The van der Waals surface area contributed by atoms with Crippen molar-refractivity contribution < 1.29 is 19.5 Å². The van der Waals surface area contributed by atoms with Gasteiger partial charge in [0.05, 0.1) is 18.6 Å². The minimum absolute atomic E-state index is 0.0000524. The molecule has 0 heterocycles. The molecule has 20 heavy (non-hydrogen) atoms. The minimum Gasteiger partial charge on any atom is -0.493 e. The Labute approximate surface area is 115 Å². The van der Waals surface area contributed by atoms with E-state index in [0.29, 0.717) is 22.8 Å². The van der Waals surface area contributed by atoms with Gasteiger partial charge in [0.1, 0.15) is 5.75 Å². The number of nitro benzene ring substituents is 1. The first-order valence-electron chi connectivity index (χ1n) is 5.84. The van der Waals surface area contributed by atoms with Gasteiger partial charge in [0, 0.05) is 12.1 Å². The van der Waals surface area contributed by atoms with Crippen LogP contribution in [0.2, 0.25) is 0 Å². The van der Waals surface area contributed by atoms with Crippen molar-refractivity contribution in [3.05, 3.63) is 58.1 Å². The van der Waals surface area contributed by atoms with E-state index in [2.05, 4.69) is 0 Å². The van der Waals surface area contributed by atoms with Gasteiger partial charge in [-0.2, -0.15) is 0 Å². The molecule has 0 aliphatic rings. The summed E-state index contributed by atoms with van der Waals surface area (Å²) < 4.78 is 10.8. The third kappa shape index (κ3) is 3.04. The molecule has 0 aliphatic carbocycles. The average Bonchev–Trinajstić information content (AvgIpc) is 2.48. The Morgan fingerprint density at radius 2 is 1.85 bits per heavy atom. The van der Waals surface area contributed by atoms with E-state index in [4.69, 9.17) is 14.6 Å². The molecule has 0 aromatic heterocycles. The first-order chi connectivity index (χ1) is 9.63. The minimum atomic E-state index is -0.472. The Hall–Kier alpha value is -2.60. The third-order valence-electron chi connectivity index (χ3n) is 2.69. The fourth-order valence-electron chi connectivity index (χ4n) is 1.66. The number of aliphatic hydroxyl groups is 1. The van der Waals surface area contributed by atoms with Crippen LogP contribution < -0.4 is 9.47 Å². The number of benzene rings is 2. The van der Waals surface area contributed by atoms with Gasteiger partial charge < -0.3 is 14.6 Å². The predicted molar refractivity (Wildman–Crippen MR) is 72.1 cm³/mol. The van der Waals surface area contributed by atoms with Crippen molar-refractivity contribution in [3.63, 3.8) is 0 Å². The Balaban J connectivity index is 2.23. The quantitative estimate of drug-likeness (QED) is 0.670. The summed E-state index contributed by atoms with van der Waals surface area (Å²) in [6.07, 6.45) is 0. The molecule has 2 rings (SSSR count). The van der Waals surface area contributed by atoms with Gasteiger partial charge in [-0.1, -0.05) is 6.07 Å². The van der Waals surface area contributed by atoms with Gasteiger partial charge in [-0.05, 0) is 29.8 Å². The van der Waals surface area contributed by atoms with E-state index in [1.54, 1.807) is 18.2 Å². The molecule has 104 valence electrons. The second-order valence-electron chi connectivity index (χ2n) is 4.00. The lowest BCUT2D eigenvalue weighted by molar-refractivity contribution is -0.384. The van der Waals surface area contributed by atoms with Crippen LogP contribution in [0.3, 0.4) is 0 Å². The van der Waals surface area contributed by atoms with Crippen molar-refractivity contribution in [3.8, 4) is 17.2 Å². The molecule has 6 heteroatoms. The summed E-state index contributed by atoms with van der Waals surface area (Å²) in [6.45, 7) is -0.0891. The van der Waals surface area contributed by atoms with Gasteiger partial charge in [-0.3, -0.25) is 10.1 Å². The number of methoxy groups -OCH3 is 1. The number of non-ortho nitro benzene ring substituents is 1. The Morgan fingerprint density at radius 3 is 2.40 bits per heavy atom. The summed E-state index contributed by atoms with van der Waals surface area (Å²) in [5.74, 6) is 1.42. The highest BCUT2D eigenvalue weighted by Crippen LogP contribution is 2.32. The molecule has 0 amide bonds. The highest BCUT2D eigenvalue weighted by Gasteiger charge is 2.09. The number of nitrogens with zero attached hydrogens (tertiary/aromatic N) is 1. The Kier molecular flexibility index (Phi) is 4.17. The topological polar surface area (TPSA) is 81.8 Å². The number of hydrogen-bond acceptors (Lipinski definition) is 5. The summed E-state index contributed by atoms with van der Waals surface area (Å²) in [5.41, 5.74) is 0.706. The predicted octanol–water partition coefficient (Wildman–Crippen LogP) is 2.89. The normalized spacial score (nSPS) is 10.1. The van der Waals surface area contributed by atoms with Crippen LogP contribution in [-0.2, 0) is 6.61 Å². The van der Waals surface area contributed by atoms with E-state index in [1.165, 1.54) is 31.4 Å². The van der Waals surface area contributed by atoms with E-state index >= 15 is 0 Å². The Morgan fingerprint density at radius 1 is 1.15 bits per heavy atom. The highest BCUT2D eigenvalue weighted by atomic mass is 16.6. The molecule has 6 nitrogen and oxygen atoms in total. The number of ether oxygens (including phenoxy) is 2. The third-order valence-corrected chi connectivity index (χ3v) is 2.69. The monoisotopic (exact) mass is 275 g/mol. The highest BCUT2D eigenvalue weighted by molar-refractivity contribution is 5.46. The van der Waals surface area contributed by atoms with Crippen LogP contribution in [0, 0.1) is 10.1 Å². The van der Waals surface area contributed by atoms with Gasteiger partial charge in [0.25, 0.3) is 5.69 Å². The van der Waals surface area contributed by atoms with Crippen molar-refractivity contribution in [1.82, 2.24) is 0 Å². The van der Waals surface area contributed by atoms with E-state index in [0.717, 1.165) is 0 Å². The molecule has 2 aromatic carbocycles. The summed E-state index contributed by atoms with van der Waals surface area (Å²) in [5, 5.41) is 19.6. The van der Waals surface area contributed by atoms with E-state index < -0.39 is 4.92 Å². The molecule has 1 N–H and O–H groups in total. The second kappa shape index (κ2) is 6.03. The zero-order valence-electron chi connectivity index (χ0n) is 10.8. The van der Waals surface area contributed by atoms with Crippen LogP contribution in [0.15, 0.2) is 42.5 Å². The summed E-state index contributed by atoms with van der Waals surface area (Å²) in [7, 11) is 1.50. The molecule has 0 radical (unpaired) electrons. The molecule has 0 aliphatic heterocycles. The molecule has 0 saturated heterocycles. The summed E-state index contributed by atoms with van der Waals surface area (Å²) in [4.78, 5) is 10.1. The van der Waals surface area contributed by atoms with Crippen molar-refractivity contribution in [2.45, 2.75) is 6.61 Å².